The van der Waals surface area contributed by atoms with Crippen LogP contribution in [0.15, 0.2) is 297 Å². The average molecular weight is 1370 g/mol. The molecule has 4 heterocycles. The van der Waals surface area contributed by atoms with Gasteiger partial charge in [-0.1, -0.05) is 262 Å². The summed E-state index contributed by atoms with van der Waals surface area (Å²) >= 11 is 0. The summed E-state index contributed by atoms with van der Waals surface area (Å²) in [5.41, 5.74) is -4.20. The molecule has 0 atom stereocenters. The van der Waals surface area contributed by atoms with Crippen LogP contribution < -0.4 is 30.1 Å². The number of benzene rings is 12. The first-order valence-electron chi connectivity index (χ1n) is 43.5. The Labute approximate surface area is 579 Å². The van der Waals surface area contributed by atoms with Crippen LogP contribution in [0.2, 0.25) is 0 Å². The molecule has 0 bridgehead atoms. The van der Waals surface area contributed by atoms with Crippen LogP contribution in [0, 0.1) is 18.5 Å². The van der Waals surface area contributed by atoms with E-state index in [2.05, 4.69) is 39.2 Å². The maximum Gasteiger partial charge on any atom is 0.268 e. The molecule has 0 unspecified atom stereocenters. The first kappa shape index (κ1) is 30.6. The van der Waals surface area contributed by atoms with Crippen molar-refractivity contribution in [1.29, 1.82) is 0 Å². The molecule has 0 amide bonds. The number of aromatic nitrogens is 4. The number of ether oxygens (including phenoxy) is 1. The van der Waals surface area contributed by atoms with Gasteiger partial charge in [0.25, 0.3) is 6.33 Å². The van der Waals surface area contributed by atoms with Crippen molar-refractivity contribution in [3.05, 3.63) is 321 Å². The molecule has 89 heavy (non-hydrogen) atoms. The molecule has 15 aromatic rings. The quantitative estimate of drug-likeness (QED) is 0.0592. The van der Waals surface area contributed by atoms with Crippen molar-refractivity contribution in [3.8, 4) is 84.3 Å². The van der Waals surface area contributed by atoms with Gasteiger partial charge >= 0.3 is 0 Å². The molecule has 428 valence electrons. The third-order valence-electron chi connectivity index (χ3n) is 15.5. The van der Waals surface area contributed by atoms with Gasteiger partial charge in [0.1, 0.15) is 5.82 Å². The maximum absolute atomic E-state index is 11.0. The fourth-order valence-electron chi connectivity index (χ4n) is 11.5. The van der Waals surface area contributed by atoms with Crippen molar-refractivity contribution in [2.75, 3.05) is 0 Å². The molecule has 0 spiro atoms. The van der Waals surface area contributed by atoms with Crippen molar-refractivity contribution in [3.63, 3.8) is 0 Å². The minimum atomic E-state index is -6.57. The summed E-state index contributed by atoms with van der Waals surface area (Å²) in [6.45, 7) is 6.21. The second-order valence-corrected chi connectivity index (χ2v) is 25.0. The molecule has 0 radical (unpaired) electrons. The van der Waals surface area contributed by atoms with Gasteiger partial charge in [-0.25, -0.2) is 4.98 Å². The third-order valence-corrected chi connectivity index (χ3v) is 19.5. The predicted octanol–water partition coefficient (Wildman–Crippen LogP) is 16.9. The van der Waals surface area contributed by atoms with Gasteiger partial charge in [0.2, 0.25) is 0 Å². The van der Waals surface area contributed by atoms with Crippen molar-refractivity contribution in [2.45, 2.75) is 26.2 Å². The van der Waals surface area contributed by atoms with Crippen molar-refractivity contribution >= 4 is 61.7 Å². The number of para-hydroxylation sites is 2. The largest absolute Gasteiger partial charge is 0.510 e. The Morgan fingerprint density at radius 1 is 0.472 bits per heavy atom. The zero-order chi connectivity index (χ0) is 86.8. The number of nitrogens with zero attached hydrogens (tertiary/aromatic N) is 4. The van der Waals surface area contributed by atoms with Crippen LogP contribution in [-0.4, -0.2) is 22.2 Å². The molecule has 1 aliphatic rings. The summed E-state index contributed by atoms with van der Waals surface area (Å²) in [6, 6.07) is -2.03. The van der Waals surface area contributed by atoms with Crippen LogP contribution in [-0.2, 0) is 26.5 Å². The standard InChI is InChI=1S/C82H58N4OSi.Pt/c1-82(2,3)59-47-48-83-79(52-59)86-76-44-21-20-41-72(76)73-46-45-62(54-77(73)86)87-61-29-23-28-60(53-61)84-55-85-80-67(56-25-8-4-9-26-56)42-24-43-74(80)70-39-18-16-37-68(70)69-38-17-19-40-71(69)75-50-58(51-78(84)81(75)85)57-27-22-36-66(49-57)88(63-30-10-5-11-31-63,64-32-12-6-13-33-64)65-34-14-7-15-35-65;/h4-52H,1-3H3;/q-2;/i4D,5D,6D,7D,8D,9D,10D,11D,12D,13D,14D,15D,16D,17D,18D,19D,22D,25D,26D,27D,30D,31D,32D,33D,34D,35D,36D,37D,38D,39D,40D,49D;. The summed E-state index contributed by atoms with van der Waals surface area (Å²) in [6.07, 6.45) is 5.03. The summed E-state index contributed by atoms with van der Waals surface area (Å²) in [7, 11) is -6.57. The van der Waals surface area contributed by atoms with Crippen LogP contribution in [0.4, 0.5) is 0 Å². The number of rotatable bonds is 10. The Balaban J connectivity index is 0.0000114. The molecule has 0 aliphatic carbocycles. The fraction of sp³-hybridized carbons (Fsp3) is 0.0488. The molecule has 0 fully saturated rings. The zero-order valence-electron chi connectivity index (χ0n) is 78.8. The zero-order valence-corrected chi connectivity index (χ0v) is 50.1. The van der Waals surface area contributed by atoms with E-state index in [0.29, 0.717) is 11.3 Å². The van der Waals surface area contributed by atoms with Gasteiger partial charge in [0, 0.05) is 44.3 Å². The van der Waals surface area contributed by atoms with Crippen LogP contribution in [0.1, 0.15) is 70.2 Å². The van der Waals surface area contributed by atoms with E-state index in [4.69, 9.17) is 17.9 Å². The van der Waals surface area contributed by atoms with E-state index < -0.39 is 267 Å². The SMILES string of the molecule is [2H]c1c([2H])c([2H])c(-c2cccc3c2-[n+]2[c-]n(-c4[c-]c(Oc5[c-]c6c(cc5)c5ccccc5n6-c5cc(C(C)(C)C)ccn5)ccc4)c4cc(-c5c([2H])c([2H])c([2H])c([Si](c6c([2H])c([2H])c([2H])c([2H])c6[2H])(c6c([2H])c([2H])c([2H])c([2H])c6[2H])c6c([2H])c([2H])c([2H])c([2H])c6[2H])c5[2H])cc(c42)-c2c([2H])c([2H])c([2H])c([2H])c2-c2c([2H])c([2H])c([2H])c([2H])c2-3)c([2H])c1[2H].[Pt]. The van der Waals surface area contributed by atoms with Crippen molar-refractivity contribution in [2.24, 2.45) is 0 Å². The molecular formula is C82H58N4OPtSi-2. The second kappa shape index (κ2) is 22.5. The Bertz CT molecular complexity index is 6900. The van der Waals surface area contributed by atoms with Gasteiger partial charge in [-0.15, -0.1) is 29.7 Å². The molecule has 0 saturated heterocycles. The van der Waals surface area contributed by atoms with E-state index in [1.165, 1.54) is 51.6 Å². The van der Waals surface area contributed by atoms with Crippen LogP contribution in [0.3, 0.4) is 0 Å². The Morgan fingerprint density at radius 3 is 1.72 bits per heavy atom. The van der Waals surface area contributed by atoms with E-state index in [1.807, 2.05) is 47.0 Å². The maximum atomic E-state index is 11.0. The van der Waals surface area contributed by atoms with Gasteiger partial charge in [-0.05, 0) is 123 Å². The minimum Gasteiger partial charge on any atom is -0.510 e. The fourth-order valence-corrected chi connectivity index (χ4v) is 15.1. The monoisotopic (exact) mass is 1370 g/mol. The predicted molar refractivity (Wildman–Crippen MR) is 363 cm³/mol. The van der Waals surface area contributed by atoms with Crippen LogP contribution in [0.5, 0.6) is 11.5 Å². The van der Waals surface area contributed by atoms with Gasteiger partial charge in [-0.3, -0.25) is 4.57 Å². The molecule has 0 N–H and O–H groups in total. The van der Waals surface area contributed by atoms with Crippen LogP contribution >= 0.6 is 0 Å². The topological polar surface area (TPSA) is 35.9 Å². The molecule has 0 saturated carbocycles. The molecule has 12 aromatic carbocycles. The molecule has 7 heteroatoms. The molecular weight excluding hydrogens is 1280 g/mol. The summed E-state index contributed by atoms with van der Waals surface area (Å²) in [4.78, 5) is 4.81. The molecule has 16 rings (SSSR count). The Kier molecular flexibility index (Phi) is 7.73. The minimum absolute atomic E-state index is 0. The van der Waals surface area contributed by atoms with Gasteiger partial charge in [0.05, 0.1) is 60.6 Å². The number of fused-ring (bicyclic) bond motifs is 10. The Morgan fingerprint density at radius 2 is 1.04 bits per heavy atom. The van der Waals surface area contributed by atoms with Crippen molar-refractivity contribution in [1.82, 2.24) is 14.1 Å². The average Bonchev–Trinajstić information content (AvgIpc) is 1.40. The first-order chi connectivity index (χ1) is 56.5. The second-order valence-electron chi connectivity index (χ2n) is 21.5. The third kappa shape index (κ3) is 9.41. The van der Waals surface area contributed by atoms with E-state index in [1.54, 1.807) is 12.3 Å². The molecule has 3 aromatic heterocycles. The first-order valence-corrected chi connectivity index (χ1v) is 29.5. The number of pyridine rings is 1. The summed E-state index contributed by atoms with van der Waals surface area (Å²) in [5.74, 6) is 0.644. The van der Waals surface area contributed by atoms with Gasteiger partial charge in [0.15, 0.2) is 8.07 Å². The summed E-state index contributed by atoms with van der Waals surface area (Å²) < 4.78 is 318. The molecule has 5 nitrogen and oxygen atoms in total. The van der Waals surface area contributed by atoms with Gasteiger partial charge in [-0.2, -0.15) is 18.2 Å². The summed E-state index contributed by atoms with van der Waals surface area (Å²) in [5, 5.41) is -3.02. The van der Waals surface area contributed by atoms with E-state index in [9.17, 15) is 35.6 Å². The smallest absolute Gasteiger partial charge is 0.268 e. The van der Waals surface area contributed by atoms with Crippen LogP contribution in [0.25, 0.3) is 106 Å². The van der Waals surface area contributed by atoms with E-state index >= 15 is 0 Å². The number of imidazole rings is 1. The molecule has 1 aliphatic heterocycles. The normalized spacial score (nSPS) is 16.9. The van der Waals surface area contributed by atoms with E-state index in [0.717, 1.165) is 27.9 Å². The Hall–Kier alpha value is -10.2. The van der Waals surface area contributed by atoms with E-state index in [-0.39, 0.29) is 71.5 Å². The van der Waals surface area contributed by atoms with Crippen molar-refractivity contribution < 1.29 is 74.2 Å². The number of hydrogen-bond acceptors (Lipinski definition) is 2. The van der Waals surface area contributed by atoms with Gasteiger partial charge < -0.3 is 13.9 Å². The number of hydrogen-bond donors (Lipinski definition) is 0.